The van der Waals surface area contributed by atoms with Crippen molar-refractivity contribution in [3.8, 4) is 17.0 Å². The summed E-state index contributed by atoms with van der Waals surface area (Å²) >= 11 is 0. The number of halogens is 2. The van der Waals surface area contributed by atoms with Crippen LogP contribution in [0.1, 0.15) is 41.5 Å². The number of anilines is 1. The maximum Gasteiger partial charge on any atom is 0.274 e. The number of piperidine rings is 1. The largest absolute Gasteiger partial charge is 0.496 e. The number of nitrogens with one attached hydrogen (secondary N) is 1. The van der Waals surface area contributed by atoms with Crippen LogP contribution in [0.5, 0.6) is 5.75 Å². The molecule has 0 unspecified atom stereocenters. The molecule has 0 radical (unpaired) electrons. The lowest BCUT2D eigenvalue weighted by molar-refractivity contribution is 0.110. The topological polar surface area (TPSA) is 79.7 Å². The Balaban J connectivity index is 1.50. The first kappa shape index (κ1) is 23.1. The van der Waals surface area contributed by atoms with Crippen molar-refractivity contribution in [3.63, 3.8) is 0 Å². The van der Waals surface area contributed by atoms with E-state index in [1.807, 2.05) is 6.07 Å². The molecule has 0 amide bonds. The molecule has 1 aliphatic carbocycles. The molecule has 3 aliphatic rings. The van der Waals surface area contributed by atoms with Crippen molar-refractivity contribution >= 4 is 11.4 Å². The fraction of sp³-hybridized carbons (Fsp3) is 0.520. The van der Waals surface area contributed by atoms with Crippen molar-refractivity contribution in [2.45, 2.75) is 44.8 Å². The molecule has 1 saturated heterocycles. The number of rotatable bonds is 6. The lowest BCUT2D eigenvalue weighted by atomic mass is 9.95. The van der Waals surface area contributed by atoms with Gasteiger partial charge in [0.1, 0.15) is 11.4 Å². The summed E-state index contributed by atoms with van der Waals surface area (Å²) in [5.41, 5.74) is 4.95. The second-order valence-electron chi connectivity index (χ2n) is 9.08. The summed E-state index contributed by atoms with van der Waals surface area (Å²) in [4.78, 5) is 2.26. The Bertz CT molecular complexity index is 1100. The van der Waals surface area contributed by atoms with Gasteiger partial charge in [0.15, 0.2) is 5.82 Å². The van der Waals surface area contributed by atoms with E-state index in [-0.39, 0.29) is 18.2 Å². The van der Waals surface area contributed by atoms with Gasteiger partial charge in [0.25, 0.3) is 6.08 Å². The van der Waals surface area contributed by atoms with Crippen LogP contribution in [0.2, 0.25) is 0 Å². The van der Waals surface area contributed by atoms with E-state index >= 15 is 0 Å². The predicted molar refractivity (Wildman–Crippen MR) is 125 cm³/mol. The molecule has 2 aromatic rings. The third-order valence-electron chi connectivity index (χ3n) is 7.09. The molecule has 182 valence electrons. The summed E-state index contributed by atoms with van der Waals surface area (Å²) < 4.78 is 38.3. The first-order valence-corrected chi connectivity index (χ1v) is 11.9. The molecule has 2 aliphatic heterocycles. The van der Waals surface area contributed by atoms with Crippen molar-refractivity contribution in [2.75, 3.05) is 45.3 Å². The smallest absolute Gasteiger partial charge is 0.274 e. The van der Waals surface area contributed by atoms with Crippen LogP contribution in [0, 0.1) is 0 Å². The summed E-state index contributed by atoms with van der Waals surface area (Å²) in [6.45, 7) is 3.72. The van der Waals surface area contributed by atoms with Gasteiger partial charge in [0.2, 0.25) is 0 Å². The highest BCUT2D eigenvalue weighted by atomic mass is 19.3. The summed E-state index contributed by atoms with van der Waals surface area (Å²) in [5, 5.41) is 22.0. The van der Waals surface area contributed by atoms with E-state index in [1.54, 1.807) is 13.2 Å². The highest BCUT2D eigenvalue weighted by Gasteiger charge is 2.30. The van der Waals surface area contributed by atoms with E-state index in [0.717, 1.165) is 60.4 Å². The summed E-state index contributed by atoms with van der Waals surface area (Å²) in [5.74, 6) is 1.37. The first-order chi connectivity index (χ1) is 16.6. The second kappa shape index (κ2) is 9.93. The molecular weight excluding hydrogens is 442 g/mol. The number of ether oxygens (including phenoxy) is 2. The maximum atomic E-state index is 13.4. The molecule has 1 aromatic heterocycles. The SMILES string of the molecule is COc1c(-c2nnc(N[C@@H]3CCCN(CCO)C3)c3c2COCC3)ccc2c1CCC2=C(F)F. The van der Waals surface area contributed by atoms with Gasteiger partial charge in [-0.25, -0.2) is 0 Å². The van der Waals surface area contributed by atoms with Gasteiger partial charge in [-0.2, -0.15) is 8.78 Å². The first-order valence-electron chi connectivity index (χ1n) is 11.9. The number of benzene rings is 1. The zero-order valence-corrected chi connectivity index (χ0v) is 19.4. The van der Waals surface area contributed by atoms with E-state index in [2.05, 4.69) is 20.4 Å². The highest BCUT2D eigenvalue weighted by molar-refractivity contribution is 5.82. The molecule has 0 bridgehead atoms. The average molecular weight is 473 g/mol. The van der Waals surface area contributed by atoms with Gasteiger partial charge < -0.3 is 19.9 Å². The Morgan fingerprint density at radius 3 is 2.82 bits per heavy atom. The molecule has 1 aromatic carbocycles. The molecular formula is C25H30F2N4O3. The molecule has 2 N–H and O–H groups in total. The third kappa shape index (κ3) is 4.28. The van der Waals surface area contributed by atoms with Crippen LogP contribution >= 0.6 is 0 Å². The summed E-state index contributed by atoms with van der Waals surface area (Å²) in [7, 11) is 1.57. The van der Waals surface area contributed by atoms with Gasteiger partial charge in [-0.1, -0.05) is 6.07 Å². The number of aliphatic hydroxyl groups excluding tert-OH is 1. The minimum atomic E-state index is -1.63. The van der Waals surface area contributed by atoms with Crippen molar-refractivity contribution in [3.05, 3.63) is 40.5 Å². The fourth-order valence-electron chi connectivity index (χ4n) is 5.48. The standard InChI is InChI=1S/C25H30F2N4O3/c1-33-23-17-5-6-18(24(26)27)16(17)4-7-20(23)22-21-14-34-12-8-19(21)25(30-29-22)28-15-3-2-9-31(13-15)10-11-32/h4,7,15,32H,2-3,5-6,8-14H2,1H3,(H,28,30)/t15-/m1/s1. The Hall–Kier alpha value is -2.62. The Morgan fingerprint density at radius 2 is 2.03 bits per heavy atom. The van der Waals surface area contributed by atoms with Crippen LogP contribution in [0.15, 0.2) is 18.2 Å². The van der Waals surface area contributed by atoms with E-state index in [1.165, 1.54) is 0 Å². The third-order valence-corrected chi connectivity index (χ3v) is 7.09. The number of hydrogen-bond donors (Lipinski definition) is 2. The van der Waals surface area contributed by atoms with E-state index in [4.69, 9.17) is 9.47 Å². The lowest BCUT2D eigenvalue weighted by Crippen LogP contribution is -2.43. The number of allylic oxidation sites excluding steroid dienone is 1. The molecule has 34 heavy (non-hydrogen) atoms. The highest BCUT2D eigenvalue weighted by Crippen LogP contribution is 2.45. The normalized spacial score (nSPS) is 20.1. The van der Waals surface area contributed by atoms with Crippen LogP contribution in [-0.4, -0.2) is 66.2 Å². The van der Waals surface area contributed by atoms with E-state index in [0.29, 0.717) is 49.6 Å². The quantitative estimate of drug-likeness (QED) is 0.664. The number of methoxy groups -OCH3 is 1. The molecule has 3 heterocycles. The van der Waals surface area contributed by atoms with Crippen LogP contribution in [0.25, 0.3) is 16.8 Å². The Morgan fingerprint density at radius 1 is 1.18 bits per heavy atom. The number of likely N-dealkylation sites (tertiary alicyclic amines) is 1. The van der Waals surface area contributed by atoms with Gasteiger partial charge in [0, 0.05) is 47.0 Å². The number of nitrogens with zero attached hydrogens (tertiary/aromatic N) is 3. The number of fused-ring (bicyclic) bond motifs is 2. The van der Waals surface area contributed by atoms with Gasteiger partial charge >= 0.3 is 0 Å². The minimum Gasteiger partial charge on any atom is -0.496 e. The molecule has 5 rings (SSSR count). The summed E-state index contributed by atoms with van der Waals surface area (Å²) in [6, 6.07) is 3.80. The maximum absolute atomic E-state index is 13.4. The second-order valence-corrected chi connectivity index (χ2v) is 9.08. The monoisotopic (exact) mass is 472 g/mol. The van der Waals surface area contributed by atoms with Crippen LogP contribution in [0.3, 0.4) is 0 Å². The minimum absolute atomic E-state index is 0.0959. The molecule has 1 fully saturated rings. The predicted octanol–water partition coefficient (Wildman–Crippen LogP) is 3.65. The fourth-order valence-corrected chi connectivity index (χ4v) is 5.48. The molecule has 1 atom stereocenters. The van der Waals surface area contributed by atoms with Crippen molar-refractivity contribution in [1.29, 1.82) is 0 Å². The van der Waals surface area contributed by atoms with E-state index in [9.17, 15) is 13.9 Å². The van der Waals surface area contributed by atoms with E-state index < -0.39 is 6.08 Å². The number of hydrogen-bond acceptors (Lipinski definition) is 7. The molecule has 0 saturated carbocycles. The van der Waals surface area contributed by atoms with Crippen molar-refractivity contribution in [1.82, 2.24) is 15.1 Å². The van der Waals surface area contributed by atoms with Gasteiger partial charge in [0.05, 0.1) is 26.9 Å². The average Bonchev–Trinajstić information content (AvgIpc) is 3.29. The Labute approximate surface area is 197 Å². The van der Waals surface area contributed by atoms with Crippen LogP contribution in [0.4, 0.5) is 14.6 Å². The lowest BCUT2D eigenvalue weighted by Gasteiger charge is -2.33. The molecule has 7 nitrogen and oxygen atoms in total. The Kier molecular flexibility index (Phi) is 6.76. The summed E-state index contributed by atoms with van der Waals surface area (Å²) in [6.07, 6.45) is 2.02. The number of β-amino-alcohol motifs (C(OH)–C–C–N with tert-alkyl or cyclic N) is 1. The van der Waals surface area contributed by atoms with Crippen molar-refractivity contribution < 1.29 is 23.4 Å². The van der Waals surface area contributed by atoms with Crippen molar-refractivity contribution in [2.24, 2.45) is 0 Å². The molecule has 0 spiro atoms. The van der Waals surface area contributed by atoms with Gasteiger partial charge in [-0.3, -0.25) is 4.90 Å². The zero-order chi connectivity index (χ0) is 23.7. The molecule has 9 heteroatoms. The zero-order valence-electron chi connectivity index (χ0n) is 19.4. The van der Waals surface area contributed by atoms with Crippen LogP contribution < -0.4 is 10.1 Å². The number of aliphatic hydroxyl groups is 1. The van der Waals surface area contributed by atoms with Crippen LogP contribution in [-0.2, 0) is 24.2 Å². The number of aromatic nitrogens is 2. The van der Waals surface area contributed by atoms with Gasteiger partial charge in [-0.05, 0) is 50.3 Å². The van der Waals surface area contributed by atoms with Gasteiger partial charge in [-0.15, -0.1) is 10.2 Å².